The molecule has 0 saturated heterocycles. The largest absolute Gasteiger partial charge is 0.462 e. The molecule has 7 heteroatoms. The van der Waals surface area contributed by atoms with Crippen LogP contribution in [0.5, 0.6) is 0 Å². The third kappa shape index (κ3) is 3.91. The monoisotopic (exact) mass is 307 g/mol. The molecule has 0 atom stereocenters. The Hall–Kier alpha value is -2.15. The summed E-state index contributed by atoms with van der Waals surface area (Å²) in [7, 11) is 0. The Bertz CT molecular complexity index is 619. The molecule has 0 aliphatic rings. The lowest BCUT2D eigenvalue weighted by atomic mass is 10.2. The number of amides is 1. The van der Waals surface area contributed by atoms with Gasteiger partial charge in [-0.2, -0.15) is 5.10 Å². The van der Waals surface area contributed by atoms with Gasteiger partial charge in [-0.25, -0.2) is 4.79 Å². The molecule has 0 unspecified atom stereocenters. The van der Waals surface area contributed by atoms with Crippen molar-refractivity contribution in [2.45, 2.75) is 26.7 Å². The molecule has 0 aromatic carbocycles. The van der Waals surface area contributed by atoms with E-state index in [9.17, 15) is 9.59 Å². The topological polar surface area (TPSA) is 84.1 Å². The lowest BCUT2D eigenvalue weighted by Gasteiger charge is -2.05. The molecule has 0 aliphatic heterocycles. The van der Waals surface area contributed by atoms with E-state index in [0.717, 1.165) is 17.0 Å². The van der Waals surface area contributed by atoms with Crippen molar-refractivity contribution in [3.8, 4) is 0 Å². The molecule has 0 bridgehead atoms. The van der Waals surface area contributed by atoms with Crippen LogP contribution in [-0.2, 0) is 22.4 Å². The summed E-state index contributed by atoms with van der Waals surface area (Å²) in [5, 5.41) is 9.83. The molecule has 0 fully saturated rings. The second-order valence-electron chi connectivity index (χ2n) is 4.34. The van der Waals surface area contributed by atoms with Crippen LogP contribution in [0.3, 0.4) is 0 Å². The van der Waals surface area contributed by atoms with Gasteiger partial charge in [0.15, 0.2) is 0 Å². The van der Waals surface area contributed by atoms with Crippen LogP contribution in [0.15, 0.2) is 18.3 Å². The Kier molecular flexibility index (Phi) is 5.10. The molecule has 2 N–H and O–H groups in total. The highest BCUT2D eigenvalue weighted by Gasteiger charge is 2.18. The number of rotatable bonds is 6. The first-order valence-electron chi connectivity index (χ1n) is 6.72. The Morgan fingerprint density at radius 1 is 1.43 bits per heavy atom. The van der Waals surface area contributed by atoms with Gasteiger partial charge in [0.25, 0.3) is 0 Å². The van der Waals surface area contributed by atoms with Crippen molar-refractivity contribution in [2.24, 2.45) is 0 Å². The zero-order valence-corrected chi connectivity index (χ0v) is 12.8. The molecule has 0 aliphatic carbocycles. The molecule has 0 saturated carbocycles. The zero-order valence-electron chi connectivity index (χ0n) is 11.9. The molecule has 21 heavy (non-hydrogen) atoms. The van der Waals surface area contributed by atoms with Crippen LogP contribution in [-0.4, -0.2) is 28.7 Å². The zero-order chi connectivity index (χ0) is 15.2. The highest BCUT2D eigenvalue weighted by atomic mass is 32.1. The smallest absolute Gasteiger partial charge is 0.341 e. The summed E-state index contributed by atoms with van der Waals surface area (Å²) in [6.45, 7) is 4.05. The van der Waals surface area contributed by atoms with Crippen molar-refractivity contribution in [3.05, 3.63) is 34.5 Å². The van der Waals surface area contributed by atoms with E-state index in [2.05, 4.69) is 15.5 Å². The highest BCUT2D eigenvalue weighted by Crippen LogP contribution is 2.29. The molecule has 2 heterocycles. The van der Waals surface area contributed by atoms with E-state index in [4.69, 9.17) is 4.74 Å². The second kappa shape index (κ2) is 7.03. The van der Waals surface area contributed by atoms with Gasteiger partial charge in [0, 0.05) is 16.8 Å². The Morgan fingerprint density at radius 2 is 2.24 bits per heavy atom. The number of carbonyl (C=O) groups excluding carboxylic acids is 2. The summed E-state index contributed by atoms with van der Waals surface area (Å²) >= 11 is 1.40. The molecule has 2 aromatic rings. The minimum absolute atomic E-state index is 0.182. The number of aromatic nitrogens is 2. The SMILES string of the molecule is CCOC(=O)c1cc(CC)sc1NC(=O)Cc1ccn[nH]1. The van der Waals surface area contributed by atoms with Gasteiger partial charge in [0.1, 0.15) is 5.00 Å². The number of anilines is 1. The third-order valence-electron chi connectivity index (χ3n) is 2.79. The van der Waals surface area contributed by atoms with Gasteiger partial charge in [-0.1, -0.05) is 6.92 Å². The number of thiophene rings is 1. The van der Waals surface area contributed by atoms with E-state index in [0.29, 0.717) is 17.2 Å². The Morgan fingerprint density at radius 3 is 2.86 bits per heavy atom. The summed E-state index contributed by atoms with van der Waals surface area (Å²) in [6.07, 6.45) is 2.57. The highest BCUT2D eigenvalue weighted by molar-refractivity contribution is 7.16. The van der Waals surface area contributed by atoms with E-state index in [-0.39, 0.29) is 12.3 Å². The van der Waals surface area contributed by atoms with Gasteiger partial charge in [0.2, 0.25) is 5.91 Å². The molecule has 0 radical (unpaired) electrons. The summed E-state index contributed by atoms with van der Waals surface area (Å²) < 4.78 is 5.01. The number of aromatic amines is 1. The lowest BCUT2D eigenvalue weighted by molar-refractivity contribution is -0.115. The predicted molar refractivity (Wildman–Crippen MR) is 80.6 cm³/mol. The average molecular weight is 307 g/mol. The van der Waals surface area contributed by atoms with Gasteiger partial charge < -0.3 is 10.1 Å². The van der Waals surface area contributed by atoms with Gasteiger partial charge in [-0.15, -0.1) is 11.3 Å². The number of H-pyrrole nitrogens is 1. The van der Waals surface area contributed by atoms with Gasteiger partial charge in [-0.3, -0.25) is 9.89 Å². The van der Waals surface area contributed by atoms with E-state index in [1.54, 1.807) is 25.3 Å². The standard InChI is InChI=1S/C14H17N3O3S/c1-3-10-8-11(14(19)20-4-2)13(21-10)16-12(18)7-9-5-6-15-17-9/h5-6,8H,3-4,7H2,1-2H3,(H,15,17)(H,16,18). The Labute approximate surface area is 126 Å². The van der Waals surface area contributed by atoms with Crippen molar-refractivity contribution in [2.75, 3.05) is 11.9 Å². The van der Waals surface area contributed by atoms with E-state index in [1.807, 2.05) is 6.92 Å². The average Bonchev–Trinajstić information content (AvgIpc) is 3.08. The molecular formula is C14H17N3O3S. The van der Waals surface area contributed by atoms with Gasteiger partial charge in [0.05, 0.1) is 18.6 Å². The summed E-state index contributed by atoms with van der Waals surface area (Å²) in [5.41, 5.74) is 1.13. The van der Waals surface area contributed by atoms with Crippen LogP contribution in [0, 0.1) is 0 Å². The van der Waals surface area contributed by atoms with Crippen LogP contribution < -0.4 is 5.32 Å². The van der Waals surface area contributed by atoms with E-state index in [1.165, 1.54) is 11.3 Å². The van der Waals surface area contributed by atoms with Crippen molar-refractivity contribution in [3.63, 3.8) is 0 Å². The second-order valence-corrected chi connectivity index (χ2v) is 5.47. The van der Waals surface area contributed by atoms with Crippen LogP contribution >= 0.6 is 11.3 Å². The number of esters is 1. The minimum Gasteiger partial charge on any atom is -0.462 e. The quantitative estimate of drug-likeness (QED) is 0.803. The van der Waals surface area contributed by atoms with Crippen LogP contribution in [0.25, 0.3) is 0 Å². The molecular weight excluding hydrogens is 290 g/mol. The van der Waals surface area contributed by atoms with Gasteiger partial charge >= 0.3 is 5.97 Å². The number of aryl methyl sites for hydroxylation is 1. The number of nitrogens with one attached hydrogen (secondary N) is 2. The van der Waals surface area contributed by atoms with E-state index < -0.39 is 5.97 Å². The fourth-order valence-corrected chi connectivity index (χ4v) is 2.80. The molecule has 112 valence electrons. The first-order valence-corrected chi connectivity index (χ1v) is 7.53. The number of hydrogen-bond acceptors (Lipinski definition) is 5. The number of hydrogen-bond donors (Lipinski definition) is 2. The van der Waals surface area contributed by atoms with Crippen molar-refractivity contribution in [1.29, 1.82) is 0 Å². The number of nitrogens with zero attached hydrogens (tertiary/aromatic N) is 1. The minimum atomic E-state index is -0.412. The maximum absolute atomic E-state index is 12.0. The Balaban J connectivity index is 2.12. The molecule has 2 rings (SSSR count). The normalized spacial score (nSPS) is 10.4. The fraction of sp³-hybridized carbons (Fsp3) is 0.357. The van der Waals surface area contributed by atoms with Crippen LogP contribution in [0.2, 0.25) is 0 Å². The predicted octanol–water partition coefficient (Wildman–Crippen LogP) is 2.39. The molecule has 0 spiro atoms. The van der Waals surface area contributed by atoms with Crippen molar-refractivity contribution >= 4 is 28.2 Å². The van der Waals surface area contributed by atoms with Gasteiger partial charge in [-0.05, 0) is 25.5 Å². The van der Waals surface area contributed by atoms with E-state index >= 15 is 0 Å². The first kappa shape index (κ1) is 15.2. The number of ether oxygens (including phenoxy) is 1. The molecule has 6 nitrogen and oxygen atoms in total. The maximum atomic E-state index is 12.0. The maximum Gasteiger partial charge on any atom is 0.341 e. The summed E-state index contributed by atoms with van der Waals surface area (Å²) in [4.78, 5) is 24.9. The van der Waals surface area contributed by atoms with Crippen molar-refractivity contribution < 1.29 is 14.3 Å². The molecule has 2 aromatic heterocycles. The third-order valence-corrected chi connectivity index (χ3v) is 3.98. The first-order chi connectivity index (χ1) is 10.1. The van der Waals surface area contributed by atoms with Crippen LogP contribution in [0.1, 0.15) is 34.8 Å². The van der Waals surface area contributed by atoms with Crippen LogP contribution in [0.4, 0.5) is 5.00 Å². The fourth-order valence-electron chi connectivity index (χ4n) is 1.80. The summed E-state index contributed by atoms with van der Waals surface area (Å²) in [6, 6.07) is 3.51. The van der Waals surface area contributed by atoms with Crippen molar-refractivity contribution in [1.82, 2.24) is 10.2 Å². The molecule has 1 amide bonds. The number of carbonyl (C=O) groups is 2. The lowest BCUT2D eigenvalue weighted by Crippen LogP contribution is -2.16. The summed E-state index contributed by atoms with van der Waals surface area (Å²) in [5.74, 6) is -0.611.